The average molecular weight is 312 g/mol. The second-order valence-corrected chi connectivity index (χ2v) is 4.81. The summed E-state index contributed by atoms with van der Waals surface area (Å²) < 4.78 is 10.2. The first kappa shape index (κ1) is 16.3. The topological polar surface area (TPSA) is 72.8 Å². The first-order valence-electron chi connectivity index (χ1n) is 6.87. The summed E-state index contributed by atoms with van der Waals surface area (Å²) in [5.74, 6) is -0.396. The number of benzene rings is 2. The van der Waals surface area contributed by atoms with Crippen molar-refractivity contribution in [1.29, 1.82) is 0 Å². The molecule has 2 aromatic carbocycles. The summed E-state index contributed by atoms with van der Waals surface area (Å²) in [5.41, 5.74) is 1.94. The highest BCUT2D eigenvalue weighted by Gasteiger charge is 2.05. The second kappa shape index (κ2) is 7.26. The van der Waals surface area contributed by atoms with E-state index >= 15 is 0 Å². The number of methoxy groups -OCH3 is 1. The molecule has 0 amide bonds. The van der Waals surface area contributed by atoms with Crippen LogP contribution in [0.15, 0.2) is 48.5 Å². The molecule has 0 bridgehead atoms. The monoisotopic (exact) mass is 312 g/mol. The van der Waals surface area contributed by atoms with Gasteiger partial charge in [0.05, 0.1) is 12.7 Å². The number of aryl methyl sites for hydroxylation is 1. The maximum atomic E-state index is 11.1. The van der Waals surface area contributed by atoms with Crippen molar-refractivity contribution in [2.75, 3.05) is 7.11 Å². The number of carbonyl (C=O) groups excluding carboxylic acids is 1. The fourth-order valence-corrected chi connectivity index (χ4v) is 1.95. The molecule has 0 aliphatic carbocycles. The van der Waals surface area contributed by atoms with E-state index in [4.69, 9.17) is 9.84 Å². The number of ether oxygens (including phenoxy) is 2. The van der Waals surface area contributed by atoms with Crippen molar-refractivity contribution in [2.45, 2.75) is 6.92 Å². The number of carboxylic acids is 1. The van der Waals surface area contributed by atoms with Gasteiger partial charge in [-0.2, -0.15) is 0 Å². The predicted molar refractivity (Wildman–Crippen MR) is 85.7 cm³/mol. The van der Waals surface area contributed by atoms with Crippen LogP contribution in [0.2, 0.25) is 0 Å². The molecule has 0 saturated heterocycles. The normalized spacial score (nSPS) is 10.5. The first-order chi connectivity index (χ1) is 11.0. The zero-order chi connectivity index (χ0) is 16.8. The molecule has 2 rings (SSSR count). The van der Waals surface area contributed by atoms with Gasteiger partial charge in [-0.25, -0.2) is 9.59 Å². The largest absolute Gasteiger partial charge is 0.478 e. The van der Waals surface area contributed by atoms with Crippen LogP contribution >= 0.6 is 0 Å². The summed E-state index contributed by atoms with van der Waals surface area (Å²) in [7, 11) is 1.32. The minimum absolute atomic E-state index is 0.164. The average Bonchev–Trinajstić information content (AvgIpc) is 2.54. The Morgan fingerprint density at radius 1 is 1.09 bits per heavy atom. The molecular weight excluding hydrogens is 296 g/mol. The van der Waals surface area contributed by atoms with Gasteiger partial charge in [0, 0.05) is 6.08 Å². The van der Waals surface area contributed by atoms with Crippen LogP contribution in [-0.4, -0.2) is 24.2 Å². The van der Waals surface area contributed by atoms with Gasteiger partial charge in [-0.1, -0.05) is 12.1 Å². The fourth-order valence-electron chi connectivity index (χ4n) is 1.95. The van der Waals surface area contributed by atoms with E-state index in [1.165, 1.54) is 25.3 Å². The molecule has 0 heterocycles. The van der Waals surface area contributed by atoms with Crippen molar-refractivity contribution in [3.8, 4) is 11.5 Å². The summed E-state index contributed by atoms with van der Waals surface area (Å²) in [6.07, 6.45) is 3.01. The number of hydrogen-bond acceptors (Lipinski definition) is 4. The van der Waals surface area contributed by atoms with Crippen molar-refractivity contribution in [3.05, 3.63) is 65.2 Å². The molecule has 0 spiro atoms. The molecule has 0 unspecified atom stereocenters. The van der Waals surface area contributed by atoms with Crippen LogP contribution in [0.4, 0.5) is 0 Å². The molecule has 2 aromatic rings. The van der Waals surface area contributed by atoms with Crippen LogP contribution in [0, 0.1) is 6.92 Å². The van der Waals surface area contributed by atoms with E-state index in [1.807, 2.05) is 19.1 Å². The Balaban J connectivity index is 2.17. The Morgan fingerprint density at radius 3 is 2.48 bits per heavy atom. The molecule has 0 aliphatic rings. The van der Waals surface area contributed by atoms with E-state index in [0.717, 1.165) is 11.1 Å². The van der Waals surface area contributed by atoms with Crippen LogP contribution < -0.4 is 4.74 Å². The lowest BCUT2D eigenvalue weighted by Crippen LogP contribution is -1.96. The minimum atomic E-state index is -1.00. The lowest BCUT2D eigenvalue weighted by Gasteiger charge is -2.08. The number of hydrogen-bond donors (Lipinski definition) is 1. The van der Waals surface area contributed by atoms with E-state index in [0.29, 0.717) is 11.5 Å². The van der Waals surface area contributed by atoms with Crippen molar-refractivity contribution >= 4 is 18.0 Å². The number of rotatable bonds is 5. The van der Waals surface area contributed by atoms with Gasteiger partial charge in [0.1, 0.15) is 11.5 Å². The fraction of sp³-hybridized carbons (Fsp3) is 0.111. The highest BCUT2D eigenvalue weighted by molar-refractivity contribution is 5.88. The zero-order valence-electron chi connectivity index (χ0n) is 12.8. The molecular formula is C18H16O5. The smallest absolute Gasteiger partial charge is 0.335 e. The molecule has 0 atom stereocenters. The molecule has 23 heavy (non-hydrogen) atoms. The van der Waals surface area contributed by atoms with Gasteiger partial charge >= 0.3 is 11.9 Å². The van der Waals surface area contributed by atoms with E-state index in [-0.39, 0.29) is 5.56 Å². The van der Waals surface area contributed by atoms with Crippen LogP contribution in [0.1, 0.15) is 21.5 Å². The summed E-state index contributed by atoms with van der Waals surface area (Å²) in [4.78, 5) is 22.1. The van der Waals surface area contributed by atoms with Crippen molar-refractivity contribution in [1.82, 2.24) is 0 Å². The van der Waals surface area contributed by atoms with E-state index in [9.17, 15) is 9.59 Å². The molecule has 0 aromatic heterocycles. The first-order valence-corrected chi connectivity index (χ1v) is 6.87. The van der Waals surface area contributed by atoms with Gasteiger partial charge in [-0.3, -0.25) is 0 Å². The van der Waals surface area contributed by atoms with Gasteiger partial charge < -0.3 is 14.6 Å². The van der Waals surface area contributed by atoms with Gasteiger partial charge in [0.15, 0.2) is 0 Å². The number of carboxylic acid groups (broad SMARTS) is 1. The minimum Gasteiger partial charge on any atom is -0.478 e. The van der Waals surface area contributed by atoms with Crippen molar-refractivity contribution < 1.29 is 24.2 Å². The van der Waals surface area contributed by atoms with Gasteiger partial charge in [-0.05, 0) is 54.5 Å². The molecule has 5 nitrogen and oxygen atoms in total. The Morgan fingerprint density at radius 2 is 1.83 bits per heavy atom. The SMILES string of the molecule is COC(=O)C=Cc1ccc(Oc2cccc(C(=O)O)c2)cc1C. The highest BCUT2D eigenvalue weighted by Crippen LogP contribution is 2.25. The summed E-state index contributed by atoms with van der Waals surface area (Å²) in [6, 6.07) is 11.6. The van der Waals surface area contributed by atoms with Crippen molar-refractivity contribution in [3.63, 3.8) is 0 Å². The van der Waals surface area contributed by atoms with Crippen LogP contribution in [0.5, 0.6) is 11.5 Å². The third-order valence-corrected chi connectivity index (χ3v) is 3.16. The lowest BCUT2D eigenvalue weighted by atomic mass is 10.1. The lowest BCUT2D eigenvalue weighted by molar-refractivity contribution is -0.134. The van der Waals surface area contributed by atoms with Gasteiger partial charge in [-0.15, -0.1) is 0 Å². The number of esters is 1. The van der Waals surface area contributed by atoms with E-state index in [2.05, 4.69) is 4.74 Å². The quantitative estimate of drug-likeness (QED) is 0.673. The summed E-state index contributed by atoms with van der Waals surface area (Å²) in [5, 5.41) is 8.98. The molecule has 1 N–H and O–H groups in total. The Bertz CT molecular complexity index is 762. The van der Waals surface area contributed by atoms with Crippen LogP contribution in [0.25, 0.3) is 6.08 Å². The second-order valence-electron chi connectivity index (χ2n) is 4.81. The standard InChI is InChI=1S/C18H16O5/c1-12-10-16(8-6-13(12)7-9-17(19)22-2)23-15-5-3-4-14(11-15)18(20)21/h3-11H,1-2H3,(H,20,21). The molecule has 5 heteroatoms. The zero-order valence-corrected chi connectivity index (χ0v) is 12.8. The Kier molecular flexibility index (Phi) is 5.15. The predicted octanol–water partition coefficient (Wildman–Crippen LogP) is 3.67. The number of aromatic carboxylic acids is 1. The highest BCUT2D eigenvalue weighted by atomic mass is 16.5. The Labute approximate surface area is 133 Å². The van der Waals surface area contributed by atoms with E-state index in [1.54, 1.807) is 24.3 Å². The van der Waals surface area contributed by atoms with Crippen LogP contribution in [-0.2, 0) is 9.53 Å². The molecule has 0 fully saturated rings. The third-order valence-electron chi connectivity index (χ3n) is 3.16. The maximum Gasteiger partial charge on any atom is 0.335 e. The maximum absolute atomic E-state index is 11.1. The molecule has 0 radical (unpaired) electrons. The molecule has 0 aliphatic heterocycles. The number of carbonyl (C=O) groups is 2. The summed E-state index contributed by atoms with van der Waals surface area (Å²) in [6.45, 7) is 1.89. The molecule has 118 valence electrons. The Hall–Kier alpha value is -3.08. The van der Waals surface area contributed by atoms with Gasteiger partial charge in [0.25, 0.3) is 0 Å². The van der Waals surface area contributed by atoms with Crippen LogP contribution in [0.3, 0.4) is 0 Å². The third kappa shape index (κ3) is 4.44. The van der Waals surface area contributed by atoms with Crippen molar-refractivity contribution in [2.24, 2.45) is 0 Å². The molecule has 0 saturated carbocycles. The van der Waals surface area contributed by atoms with E-state index < -0.39 is 11.9 Å². The van der Waals surface area contributed by atoms with Gasteiger partial charge in [0.2, 0.25) is 0 Å². The summed E-state index contributed by atoms with van der Waals surface area (Å²) >= 11 is 0.